The predicted octanol–water partition coefficient (Wildman–Crippen LogP) is 1.63. The van der Waals surface area contributed by atoms with Gasteiger partial charge in [0.2, 0.25) is 0 Å². The molecule has 0 unspecified atom stereocenters. The largest absolute Gasteiger partial charge is 0.444 e. The van der Waals surface area contributed by atoms with Gasteiger partial charge in [-0.2, -0.15) is 0 Å². The van der Waals surface area contributed by atoms with Crippen molar-refractivity contribution < 1.29 is 57.2 Å². The average molecular weight is 620 g/mol. The van der Waals surface area contributed by atoms with Gasteiger partial charge >= 0.3 is 12.1 Å². The molecule has 3 amide bonds. The van der Waals surface area contributed by atoms with Gasteiger partial charge in [0.25, 0.3) is 11.8 Å². The van der Waals surface area contributed by atoms with Gasteiger partial charge in [0, 0.05) is 37.4 Å². The number of rotatable bonds is 25. The highest BCUT2D eigenvalue weighted by molar-refractivity contribution is 6.01. The first-order valence-corrected chi connectivity index (χ1v) is 14.2. The molecule has 246 valence electrons. The van der Waals surface area contributed by atoms with E-state index >= 15 is 0 Å². The van der Waals surface area contributed by atoms with Gasteiger partial charge in [-0.05, 0) is 26.3 Å². The minimum absolute atomic E-state index is 0.0459. The lowest BCUT2D eigenvalue weighted by molar-refractivity contribution is -0.198. The zero-order valence-corrected chi connectivity index (χ0v) is 25.4. The zero-order valence-electron chi connectivity index (χ0n) is 25.4. The molecule has 43 heavy (non-hydrogen) atoms. The number of carbonyl (C=O) groups is 4. The van der Waals surface area contributed by atoms with Gasteiger partial charge in [-0.1, -0.05) is 5.11 Å². The van der Waals surface area contributed by atoms with Gasteiger partial charge in [-0.15, -0.1) is 5.06 Å². The molecular formula is C26H45N5O12. The van der Waals surface area contributed by atoms with Crippen LogP contribution in [0.2, 0.25) is 0 Å². The molecule has 0 radical (unpaired) electrons. The molecular weight excluding hydrogens is 574 g/mol. The molecule has 1 fully saturated rings. The molecule has 0 atom stereocenters. The highest BCUT2D eigenvalue weighted by atomic mass is 16.7. The third-order valence-corrected chi connectivity index (χ3v) is 5.20. The minimum Gasteiger partial charge on any atom is -0.444 e. The van der Waals surface area contributed by atoms with Gasteiger partial charge in [0.1, 0.15) is 5.60 Å². The number of carbonyl (C=O) groups excluding carboxylic acids is 4. The van der Waals surface area contributed by atoms with Crippen molar-refractivity contribution in [3.63, 3.8) is 0 Å². The number of imide groups is 1. The van der Waals surface area contributed by atoms with E-state index in [1.807, 2.05) is 0 Å². The summed E-state index contributed by atoms with van der Waals surface area (Å²) in [7, 11) is 0. The minimum atomic E-state index is -0.717. The Hall–Kier alpha value is -3.05. The third-order valence-electron chi connectivity index (χ3n) is 5.20. The normalized spacial score (nSPS) is 13.2. The second kappa shape index (κ2) is 23.4. The lowest BCUT2D eigenvalue weighted by Gasteiger charge is -2.27. The van der Waals surface area contributed by atoms with Crippen LogP contribution < -0.4 is 0 Å². The van der Waals surface area contributed by atoms with Crippen molar-refractivity contribution in [2.75, 3.05) is 98.9 Å². The lowest BCUT2D eigenvalue weighted by Crippen LogP contribution is -2.40. The quantitative estimate of drug-likeness (QED) is 0.0471. The van der Waals surface area contributed by atoms with E-state index in [1.54, 1.807) is 20.8 Å². The molecule has 0 aliphatic carbocycles. The number of azide groups is 1. The molecule has 17 nitrogen and oxygen atoms in total. The molecule has 1 saturated heterocycles. The standard InChI is InChI=1S/C26H45N5O12/c1-26(2,3)42-25(35)30(8-12-38-16-15-37-11-7-28-29-27)9-13-39-17-19-41-21-20-40-18-14-36-10-6-24(34)43-31-22(32)4-5-23(31)33/h4-21H2,1-3H3. The van der Waals surface area contributed by atoms with E-state index in [0.717, 1.165) is 0 Å². The molecule has 1 aliphatic heterocycles. The molecule has 0 saturated carbocycles. The SMILES string of the molecule is CC(C)(C)OC(=O)N(CCOCCOCCN=[N+]=[N-])CCOCCOCCOCCOCCC(=O)ON1C(=O)CCC1=O. The van der Waals surface area contributed by atoms with Crippen molar-refractivity contribution in [3.8, 4) is 0 Å². The Kier molecular flexibility index (Phi) is 20.7. The Bertz CT molecular complexity index is 863. The van der Waals surface area contributed by atoms with Crippen molar-refractivity contribution in [1.82, 2.24) is 9.96 Å². The Morgan fingerprint density at radius 3 is 1.67 bits per heavy atom. The third kappa shape index (κ3) is 20.5. The first kappa shape index (κ1) is 38.0. The Morgan fingerprint density at radius 1 is 0.767 bits per heavy atom. The monoisotopic (exact) mass is 619 g/mol. The second-order valence-electron chi connectivity index (χ2n) is 9.89. The van der Waals surface area contributed by atoms with Crippen LogP contribution >= 0.6 is 0 Å². The summed E-state index contributed by atoms with van der Waals surface area (Å²) in [5, 5.41) is 3.88. The van der Waals surface area contributed by atoms with E-state index in [2.05, 4.69) is 10.0 Å². The fourth-order valence-corrected chi connectivity index (χ4v) is 3.17. The van der Waals surface area contributed by atoms with E-state index in [9.17, 15) is 19.2 Å². The van der Waals surface area contributed by atoms with E-state index in [4.69, 9.17) is 43.5 Å². The van der Waals surface area contributed by atoms with Crippen molar-refractivity contribution >= 4 is 23.9 Å². The highest BCUT2D eigenvalue weighted by Gasteiger charge is 2.32. The Morgan fingerprint density at radius 2 is 1.21 bits per heavy atom. The van der Waals surface area contributed by atoms with E-state index in [1.165, 1.54) is 4.90 Å². The zero-order chi connectivity index (χ0) is 31.8. The molecule has 0 spiro atoms. The summed E-state index contributed by atoms with van der Waals surface area (Å²) in [6, 6.07) is 0. The highest BCUT2D eigenvalue weighted by Crippen LogP contribution is 2.12. The molecule has 0 aromatic carbocycles. The summed E-state index contributed by atoms with van der Waals surface area (Å²) >= 11 is 0. The van der Waals surface area contributed by atoms with Crippen LogP contribution in [0.3, 0.4) is 0 Å². The molecule has 0 bridgehead atoms. The molecule has 17 heteroatoms. The fraction of sp³-hybridized carbons (Fsp3) is 0.846. The maximum absolute atomic E-state index is 12.5. The van der Waals surface area contributed by atoms with Gasteiger partial charge < -0.3 is 42.9 Å². The topological polar surface area (TPSA) is 197 Å². The summed E-state index contributed by atoms with van der Waals surface area (Å²) < 4.78 is 37.9. The fourth-order valence-electron chi connectivity index (χ4n) is 3.17. The van der Waals surface area contributed by atoms with Crippen LogP contribution in [-0.2, 0) is 52.4 Å². The number of ether oxygens (including phenoxy) is 7. The first-order valence-electron chi connectivity index (χ1n) is 14.2. The van der Waals surface area contributed by atoms with E-state index < -0.39 is 29.5 Å². The lowest BCUT2D eigenvalue weighted by atomic mass is 10.2. The maximum Gasteiger partial charge on any atom is 0.410 e. The Labute approximate surface area is 251 Å². The van der Waals surface area contributed by atoms with Crippen LogP contribution in [0.15, 0.2) is 5.11 Å². The summed E-state index contributed by atoms with van der Waals surface area (Å²) in [6.45, 7) is 9.86. The van der Waals surface area contributed by atoms with E-state index in [0.29, 0.717) is 77.6 Å². The molecule has 1 rings (SSSR count). The predicted molar refractivity (Wildman–Crippen MR) is 149 cm³/mol. The summed E-state index contributed by atoms with van der Waals surface area (Å²) in [6.07, 6.45) is -0.465. The van der Waals surface area contributed by atoms with Gasteiger partial charge in [0.05, 0.1) is 85.7 Å². The van der Waals surface area contributed by atoms with Crippen molar-refractivity contribution in [2.24, 2.45) is 5.11 Å². The number of hydrogen-bond acceptors (Lipinski definition) is 13. The summed E-state index contributed by atoms with van der Waals surface area (Å²) in [5.74, 6) is -1.77. The van der Waals surface area contributed by atoms with Crippen molar-refractivity contribution in [3.05, 3.63) is 10.4 Å². The summed E-state index contributed by atoms with van der Waals surface area (Å²) in [5.41, 5.74) is 7.58. The number of nitrogens with zero attached hydrogens (tertiary/aromatic N) is 5. The van der Waals surface area contributed by atoms with Crippen LogP contribution in [0.5, 0.6) is 0 Å². The second-order valence-corrected chi connectivity index (χ2v) is 9.89. The van der Waals surface area contributed by atoms with E-state index in [-0.39, 0.29) is 45.6 Å². The number of amides is 3. The molecule has 0 aromatic heterocycles. The molecule has 1 heterocycles. The van der Waals surface area contributed by atoms with Gasteiger partial charge in [-0.25, -0.2) is 9.59 Å². The van der Waals surface area contributed by atoms with Gasteiger partial charge in [0.15, 0.2) is 0 Å². The molecule has 1 aliphatic rings. The van der Waals surface area contributed by atoms with Crippen molar-refractivity contribution in [2.45, 2.75) is 45.6 Å². The van der Waals surface area contributed by atoms with Crippen LogP contribution in [0.1, 0.15) is 40.0 Å². The van der Waals surface area contributed by atoms with Crippen LogP contribution in [0.4, 0.5) is 4.79 Å². The maximum atomic E-state index is 12.5. The van der Waals surface area contributed by atoms with Crippen molar-refractivity contribution in [1.29, 1.82) is 0 Å². The molecule has 0 N–H and O–H groups in total. The molecule has 0 aromatic rings. The average Bonchev–Trinajstić information content (AvgIpc) is 3.26. The number of hydrogen-bond donors (Lipinski definition) is 0. The first-order chi connectivity index (χ1) is 20.6. The summed E-state index contributed by atoms with van der Waals surface area (Å²) in [4.78, 5) is 55.9. The van der Waals surface area contributed by atoms with Gasteiger partial charge in [-0.3, -0.25) is 9.59 Å². The Balaban J connectivity index is 2.03. The van der Waals surface area contributed by atoms with Crippen LogP contribution in [-0.4, -0.2) is 138 Å². The smallest absolute Gasteiger partial charge is 0.410 e. The van der Waals surface area contributed by atoms with Crippen LogP contribution in [0.25, 0.3) is 10.4 Å². The number of hydroxylamine groups is 2. The van der Waals surface area contributed by atoms with Crippen LogP contribution in [0, 0.1) is 0 Å².